The van der Waals surface area contributed by atoms with Gasteiger partial charge in [0.05, 0.1) is 0 Å². The van der Waals surface area contributed by atoms with E-state index < -0.39 is 5.97 Å². The van der Waals surface area contributed by atoms with Crippen LogP contribution in [0.5, 0.6) is 0 Å². The van der Waals surface area contributed by atoms with Crippen LogP contribution in [0, 0.1) is 0 Å². The first-order valence-electron chi connectivity index (χ1n) is 9.62. The van der Waals surface area contributed by atoms with Gasteiger partial charge in [0, 0.05) is 38.1 Å². The number of benzene rings is 1. The van der Waals surface area contributed by atoms with Gasteiger partial charge in [0.25, 0.3) is 0 Å². The molecule has 1 aromatic rings. The van der Waals surface area contributed by atoms with Crippen LogP contribution in [0.25, 0.3) is 0 Å². The molecule has 2 amide bonds. The highest BCUT2D eigenvalue weighted by atomic mass is 16.4. The smallest absolute Gasteiger partial charge is 0.315 e. The van der Waals surface area contributed by atoms with Crippen LogP contribution in [0.2, 0.25) is 0 Å². The summed E-state index contributed by atoms with van der Waals surface area (Å²) in [5.74, 6) is -0.847. The highest BCUT2D eigenvalue weighted by molar-refractivity contribution is 5.74. The van der Waals surface area contributed by atoms with Crippen LogP contribution in [-0.2, 0) is 11.2 Å². The van der Waals surface area contributed by atoms with Gasteiger partial charge in [-0.05, 0) is 38.2 Å². The van der Waals surface area contributed by atoms with Crippen molar-refractivity contribution in [2.75, 3.05) is 19.6 Å². The Kier molecular flexibility index (Phi) is 8.33. The summed E-state index contributed by atoms with van der Waals surface area (Å²) < 4.78 is 0. The quantitative estimate of drug-likeness (QED) is 0.582. The van der Waals surface area contributed by atoms with Gasteiger partial charge in [-0.1, -0.05) is 42.5 Å². The highest BCUT2D eigenvalue weighted by Gasteiger charge is 2.22. The van der Waals surface area contributed by atoms with Crippen molar-refractivity contribution in [2.24, 2.45) is 0 Å². The molecule has 0 aliphatic carbocycles. The molecule has 1 unspecified atom stereocenters. The summed E-state index contributed by atoms with van der Waals surface area (Å²) in [5, 5.41) is 15.0. The number of piperidine rings is 1. The van der Waals surface area contributed by atoms with Crippen LogP contribution in [0.3, 0.4) is 0 Å². The molecule has 1 heterocycles. The molecule has 1 aromatic carbocycles. The molecule has 27 heavy (non-hydrogen) atoms. The lowest BCUT2D eigenvalue weighted by molar-refractivity contribution is -0.137. The summed E-state index contributed by atoms with van der Waals surface area (Å²) >= 11 is 0. The number of carboxylic acids is 1. The maximum Gasteiger partial charge on any atom is 0.315 e. The number of carboxylic acid groups (broad SMARTS) is 1. The number of likely N-dealkylation sites (tertiary alicyclic amines) is 1. The third-order valence-corrected chi connectivity index (χ3v) is 4.78. The molecule has 6 nitrogen and oxygen atoms in total. The van der Waals surface area contributed by atoms with Crippen molar-refractivity contribution < 1.29 is 14.7 Å². The molecule has 148 valence electrons. The Morgan fingerprint density at radius 1 is 1.26 bits per heavy atom. The number of hydrogen-bond acceptors (Lipinski definition) is 3. The van der Waals surface area contributed by atoms with Gasteiger partial charge in [0.15, 0.2) is 0 Å². The topological polar surface area (TPSA) is 81.7 Å². The lowest BCUT2D eigenvalue weighted by Gasteiger charge is -2.32. The minimum atomic E-state index is -0.847. The van der Waals surface area contributed by atoms with E-state index in [0.29, 0.717) is 12.8 Å². The maximum atomic E-state index is 12.4. The molecule has 0 aromatic heterocycles. The molecule has 2 rings (SSSR count). The average Bonchev–Trinajstić information content (AvgIpc) is 2.62. The molecule has 1 aliphatic rings. The van der Waals surface area contributed by atoms with E-state index in [9.17, 15) is 9.59 Å². The van der Waals surface area contributed by atoms with Gasteiger partial charge in [0.1, 0.15) is 0 Å². The van der Waals surface area contributed by atoms with Crippen molar-refractivity contribution >= 4 is 12.0 Å². The van der Waals surface area contributed by atoms with E-state index in [4.69, 9.17) is 5.11 Å². The zero-order valence-corrected chi connectivity index (χ0v) is 16.1. The van der Waals surface area contributed by atoms with Gasteiger partial charge in [-0.3, -0.25) is 9.69 Å². The van der Waals surface area contributed by atoms with Crippen molar-refractivity contribution in [1.82, 2.24) is 15.5 Å². The highest BCUT2D eigenvalue weighted by Crippen LogP contribution is 2.12. The van der Waals surface area contributed by atoms with Crippen LogP contribution >= 0.6 is 0 Å². The molecule has 3 N–H and O–H groups in total. The molecule has 1 aliphatic heterocycles. The molecule has 6 heteroatoms. The number of nitrogens with zero attached hydrogens (tertiary/aromatic N) is 1. The first kappa shape index (κ1) is 21.0. The van der Waals surface area contributed by atoms with Gasteiger partial charge in [0.2, 0.25) is 0 Å². The van der Waals surface area contributed by atoms with E-state index in [-0.39, 0.29) is 24.5 Å². The molecule has 1 atom stereocenters. The van der Waals surface area contributed by atoms with Gasteiger partial charge in [-0.25, -0.2) is 4.79 Å². The zero-order chi connectivity index (χ0) is 19.6. The summed E-state index contributed by atoms with van der Waals surface area (Å²) in [4.78, 5) is 25.7. The summed E-state index contributed by atoms with van der Waals surface area (Å²) in [6.45, 7) is 8.79. The van der Waals surface area contributed by atoms with Crippen molar-refractivity contribution in [3.05, 3.63) is 48.0 Å². The lowest BCUT2D eigenvalue weighted by atomic mass is 10.0. The Balaban J connectivity index is 1.82. The maximum absolute atomic E-state index is 12.4. The van der Waals surface area contributed by atoms with E-state index in [1.807, 2.05) is 37.3 Å². The fourth-order valence-corrected chi connectivity index (χ4v) is 3.45. The first-order valence-corrected chi connectivity index (χ1v) is 9.62. The van der Waals surface area contributed by atoms with Gasteiger partial charge in [-0.2, -0.15) is 0 Å². The number of nitrogens with one attached hydrogen (secondary N) is 2. The van der Waals surface area contributed by atoms with E-state index >= 15 is 0 Å². The summed E-state index contributed by atoms with van der Waals surface area (Å²) in [6.07, 6.45) is 2.91. The SMILES string of the molecule is C=C(C)CN1CCC(NC(=O)NC(CCC(=O)O)Cc2ccccc2)CC1. The number of rotatable bonds is 9. The number of carbonyl (C=O) groups excluding carboxylic acids is 1. The third kappa shape index (κ3) is 8.26. The number of hydrogen-bond donors (Lipinski definition) is 3. The Hall–Kier alpha value is -2.34. The lowest BCUT2D eigenvalue weighted by Crippen LogP contribution is -2.50. The van der Waals surface area contributed by atoms with E-state index in [2.05, 4.69) is 22.1 Å². The number of carbonyl (C=O) groups is 2. The van der Waals surface area contributed by atoms with Crippen LogP contribution in [0.4, 0.5) is 4.79 Å². The van der Waals surface area contributed by atoms with Gasteiger partial charge in [-0.15, -0.1) is 0 Å². The number of amides is 2. The predicted octanol–water partition coefficient (Wildman–Crippen LogP) is 2.80. The molecule has 0 radical (unpaired) electrons. The van der Waals surface area contributed by atoms with E-state index in [0.717, 1.165) is 43.6 Å². The zero-order valence-electron chi connectivity index (χ0n) is 16.1. The Morgan fingerprint density at radius 2 is 1.93 bits per heavy atom. The largest absolute Gasteiger partial charge is 0.481 e. The Bertz CT molecular complexity index is 625. The number of aliphatic carboxylic acids is 1. The monoisotopic (exact) mass is 373 g/mol. The molecule has 0 saturated carbocycles. The summed E-state index contributed by atoms with van der Waals surface area (Å²) in [5.41, 5.74) is 2.24. The average molecular weight is 373 g/mol. The molecule has 0 bridgehead atoms. The van der Waals surface area contributed by atoms with Crippen molar-refractivity contribution in [3.8, 4) is 0 Å². The molecular weight excluding hydrogens is 342 g/mol. The van der Waals surface area contributed by atoms with Crippen molar-refractivity contribution in [3.63, 3.8) is 0 Å². The second-order valence-corrected chi connectivity index (χ2v) is 7.44. The predicted molar refractivity (Wildman–Crippen MR) is 107 cm³/mol. The van der Waals surface area contributed by atoms with Crippen LogP contribution < -0.4 is 10.6 Å². The minimum absolute atomic E-state index is 0.0388. The second kappa shape index (κ2) is 10.7. The van der Waals surface area contributed by atoms with Crippen LogP contribution in [0.15, 0.2) is 42.5 Å². The molecule has 0 spiro atoms. The van der Waals surface area contributed by atoms with Gasteiger partial charge >= 0.3 is 12.0 Å². The van der Waals surface area contributed by atoms with Gasteiger partial charge < -0.3 is 15.7 Å². The normalized spacial score (nSPS) is 16.5. The molecule has 1 fully saturated rings. The standard InChI is InChI=1S/C21H31N3O3/c1-16(2)15-24-12-10-18(11-13-24)22-21(27)23-19(8-9-20(25)26)14-17-6-4-3-5-7-17/h3-7,18-19H,1,8-15H2,2H3,(H,25,26)(H2,22,23,27). The van der Waals surface area contributed by atoms with Crippen LogP contribution in [-0.4, -0.2) is 53.7 Å². The molecular formula is C21H31N3O3. The van der Waals surface area contributed by atoms with Crippen molar-refractivity contribution in [2.45, 2.75) is 51.1 Å². The van der Waals surface area contributed by atoms with E-state index in [1.165, 1.54) is 0 Å². The van der Waals surface area contributed by atoms with Crippen LogP contribution in [0.1, 0.15) is 38.2 Å². The second-order valence-electron chi connectivity index (χ2n) is 7.44. The third-order valence-electron chi connectivity index (χ3n) is 4.78. The minimum Gasteiger partial charge on any atom is -0.481 e. The first-order chi connectivity index (χ1) is 12.9. The fourth-order valence-electron chi connectivity index (χ4n) is 3.45. The summed E-state index contributed by atoms with van der Waals surface area (Å²) in [6, 6.07) is 9.56. The fraction of sp³-hybridized carbons (Fsp3) is 0.524. The Labute approximate surface area is 161 Å². The number of urea groups is 1. The summed E-state index contributed by atoms with van der Waals surface area (Å²) in [7, 11) is 0. The molecule has 1 saturated heterocycles. The van der Waals surface area contributed by atoms with E-state index in [1.54, 1.807) is 0 Å². The van der Waals surface area contributed by atoms with Crippen molar-refractivity contribution in [1.29, 1.82) is 0 Å². The Morgan fingerprint density at radius 3 is 2.52 bits per heavy atom.